The van der Waals surface area contributed by atoms with Crippen LogP contribution in [0.3, 0.4) is 0 Å². The standard InChI is InChI=1S/C17H33N3O/c1-19(12-16-4-3-9-20(16)2)14-17(7-10-21-11-8-17)13-18-15-5-6-15/h15-16,18H,3-14H2,1-2H3. The predicted molar refractivity (Wildman–Crippen MR) is 86.7 cm³/mol. The van der Waals surface area contributed by atoms with Gasteiger partial charge in [0.1, 0.15) is 0 Å². The van der Waals surface area contributed by atoms with E-state index in [-0.39, 0.29) is 0 Å². The molecule has 1 saturated carbocycles. The molecule has 2 saturated heterocycles. The molecular formula is C17H33N3O. The number of ether oxygens (including phenoxy) is 1. The summed E-state index contributed by atoms with van der Waals surface area (Å²) < 4.78 is 5.62. The summed E-state index contributed by atoms with van der Waals surface area (Å²) in [6.45, 7) is 6.81. The Morgan fingerprint density at radius 2 is 2.00 bits per heavy atom. The van der Waals surface area contributed by atoms with Crippen LogP contribution in [0.5, 0.6) is 0 Å². The van der Waals surface area contributed by atoms with Crippen LogP contribution in [0.4, 0.5) is 0 Å². The zero-order valence-electron chi connectivity index (χ0n) is 13.9. The van der Waals surface area contributed by atoms with E-state index in [2.05, 4.69) is 29.2 Å². The number of likely N-dealkylation sites (tertiary alicyclic amines) is 1. The highest BCUT2D eigenvalue weighted by Gasteiger charge is 2.36. The van der Waals surface area contributed by atoms with E-state index >= 15 is 0 Å². The summed E-state index contributed by atoms with van der Waals surface area (Å²) in [5.74, 6) is 0. The maximum Gasteiger partial charge on any atom is 0.0472 e. The molecule has 2 heterocycles. The molecule has 0 aromatic heterocycles. The van der Waals surface area contributed by atoms with Crippen molar-refractivity contribution in [1.29, 1.82) is 0 Å². The lowest BCUT2D eigenvalue weighted by Gasteiger charge is -2.41. The van der Waals surface area contributed by atoms with Crippen LogP contribution in [0, 0.1) is 5.41 Å². The van der Waals surface area contributed by atoms with E-state index < -0.39 is 0 Å². The van der Waals surface area contributed by atoms with Gasteiger partial charge in [0.15, 0.2) is 0 Å². The van der Waals surface area contributed by atoms with Gasteiger partial charge in [-0.2, -0.15) is 0 Å². The predicted octanol–water partition coefficient (Wildman–Crippen LogP) is 1.56. The maximum atomic E-state index is 5.62. The van der Waals surface area contributed by atoms with Crippen molar-refractivity contribution in [3.05, 3.63) is 0 Å². The van der Waals surface area contributed by atoms with E-state index in [9.17, 15) is 0 Å². The summed E-state index contributed by atoms with van der Waals surface area (Å²) in [6, 6.07) is 1.58. The number of nitrogens with one attached hydrogen (secondary N) is 1. The van der Waals surface area contributed by atoms with Gasteiger partial charge in [-0.25, -0.2) is 0 Å². The van der Waals surface area contributed by atoms with Crippen molar-refractivity contribution in [2.45, 2.75) is 50.6 Å². The van der Waals surface area contributed by atoms with Gasteiger partial charge in [-0.15, -0.1) is 0 Å². The molecule has 3 rings (SSSR count). The van der Waals surface area contributed by atoms with Gasteiger partial charge in [-0.3, -0.25) is 0 Å². The lowest BCUT2D eigenvalue weighted by atomic mass is 9.79. The first-order valence-corrected chi connectivity index (χ1v) is 8.87. The molecule has 1 unspecified atom stereocenters. The Morgan fingerprint density at radius 1 is 1.24 bits per heavy atom. The Morgan fingerprint density at radius 3 is 2.62 bits per heavy atom. The zero-order chi connectivity index (χ0) is 14.7. The highest BCUT2D eigenvalue weighted by atomic mass is 16.5. The average molecular weight is 295 g/mol. The van der Waals surface area contributed by atoms with E-state index in [4.69, 9.17) is 4.74 Å². The summed E-state index contributed by atoms with van der Waals surface area (Å²) in [5, 5.41) is 3.78. The van der Waals surface area contributed by atoms with Crippen molar-refractivity contribution in [3.8, 4) is 0 Å². The molecule has 0 radical (unpaired) electrons. The number of likely N-dealkylation sites (N-methyl/N-ethyl adjacent to an activating group) is 2. The lowest BCUT2D eigenvalue weighted by molar-refractivity contribution is -0.00303. The van der Waals surface area contributed by atoms with Gasteiger partial charge in [0.05, 0.1) is 0 Å². The van der Waals surface area contributed by atoms with E-state index in [1.807, 2.05) is 0 Å². The van der Waals surface area contributed by atoms with Crippen molar-refractivity contribution >= 4 is 0 Å². The maximum absolute atomic E-state index is 5.62. The molecule has 0 bridgehead atoms. The Bertz CT molecular complexity index is 326. The molecule has 4 heteroatoms. The third-order valence-corrected chi connectivity index (χ3v) is 5.70. The first-order valence-electron chi connectivity index (χ1n) is 8.87. The van der Waals surface area contributed by atoms with E-state index in [0.717, 1.165) is 25.3 Å². The Hall–Kier alpha value is -0.160. The van der Waals surface area contributed by atoms with Crippen molar-refractivity contribution in [1.82, 2.24) is 15.1 Å². The largest absolute Gasteiger partial charge is 0.381 e. The topological polar surface area (TPSA) is 27.7 Å². The molecule has 0 aromatic carbocycles. The Kier molecular flexibility index (Phi) is 5.20. The van der Waals surface area contributed by atoms with Crippen molar-refractivity contribution in [2.75, 3.05) is 53.5 Å². The molecule has 122 valence electrons. The highest BCUT2D eigenvalue weighted by molar-refractivity contribution is 4.91. The number of rotatable bonds is 7. The van der Waals surface area contributed by atoms with Gasteiger partial charge in [0, 0.05) is 44.9 Å². The second-order valence-electron chi connectivity index (χ2n) is 7.74. The first-order chi connectivity index (χ1) is 10.2. The summed E-state index contributed by atoms with van der Waals surface area (Å²) in [4.78, 5) is 5.13. The molecule has 2 aliphatic heterocycles. The smallest absolute Gasteiger partial charge is 0.0472 e. The molecule has 4 nitrogen and oxygen atoms in total. The van der Waals surface area contributed by atoms with Gasteiger partial charge >= 0.3 is 0 Å². The van der Waals surface area contributed by atoms with Crippen LogP contribution < -0.4 is 5.32 Å². The third kappa shape index (κ3) is 4.41. The van der Waals surface area contributed by atoms with Gasteiger partial charge in [-0.05, 0) is 64.6 Å². The van der Waals surface area contributed by atoms with Crippen LogP contribution >= 0.6 is 0 Å². The van der Waals surface area contributed by atoms with Gasteiger partial charge in [0.2, 0.25) is 0 Å². The zero-order valence-corrected chi connectivity index (χ0v) is 13.9. The third-order valence-electron chi connectivity index (χ3n) is 5.70. The quantitative estimate of drug-likeness (QED) is 0.771. The highest BCUT2D eigenvalue weighted by Crippen LogP contribution is 2.32. The van der Waals surface area contributed by atoms with E-state index in [1.165, 1.54) is 64.7 Å². The van der Waals surface area contributed by atoms with Crippen LogP contribution in [0.1, 0.15) is 38.5 Å². The van der Waals surface area contributed by atoms with Crippen LogP contribution in [0.25, 0.3) is 0 Å². The Labute approximate surface area is 130 Å². The first kappa shape index (κ1) is 15.7. The second kappa shape index (κ2) is 6.95. The summed E-state index contributed by atoms with van der Waals surface area (Å²) in [6.07, 6.45) is 7.95. The number of hydrogen-bond donors (Lipinski definition) is 1. The molecule has 21 heavy (non-hydrogen) atoms. The van der Waals surface area contributed by atoms with Crippen LogP contribution in [-0.4, -0.2) is 75.4 Å². The van der Waals surface area contributed by atoms with Crippen LogP contribution in [-0.2, 0) is 4.74 Å². The lowest BCUT2D eigenvalue weighted by Crippen LogP contribution is -2.49. The minimum atomic E-state index is 0.437. The van der Waals surface area contributed by atoms with Gasteiger partial charge in [0.25, 0.3) is 0 Å². The molecular weight excluding hydrogens is 262 g/mol. The van der Waals surface area contributed by atoms with Crippen LogP contribution in [0.2, 0.25) is 0 Å². The normalized spacial score (nSPS) is 30.1. The molecule has 3 aliphatic rings. The van der Waals surface area contributed by atoms with Crippen molar-refractivity contribution < 1.29 is 4.74 Å². The fourth-order valence-corrected chi connectivity index (χ4v) is 4.05. The molecule has 3 fully saturated rings. The summed E-state index contributed by atoms with van der Waals surface area (Å²) in [7, 11) is 4.60. The fraction of sp³-hybridized carbons (Fsp3) is 1.00. The minimum Gasteiger partial charge on any atom is -0.381 e. The molecule has 1 N–H and O–H groups in total. The second-order valence-corrected chi connectivity index (χ2v) is 7.74. The summed E-state index contributed by atoms with van der Waals surface area (Å²) in [5.41, 5.74) is 0.437. The van der Waals surface area contributed by atoms with Crippen LogP contribution in [0.15, 0.2) is 0 Å². The average Bonchev–Trinajstić information content (AvgIpc) is 3.22. The molecule has 0 spiro atoms. The minimum absolute atomic E-state index is 0.437. The van der Waals surface area contributed by atoms with Gasteiger partial charge < -0.3 is 19.9 Å². The Balaban J connectivity index is 1.51. The monoisotopic (exact) mass is 295 g/mol. The van der Waals surface area contributed by atoms with Crippen molar-refractivity contribution in [2.24, 2.45) is 5.41 Å². The SMILES string of the molecule is CN(CC1CCCN1C)CC1(CNC2CC2)CCOCC1. The molecule has 1 atom stereocenters. The molecule has 1 aliphatic carbocycles. The van der Waals surface area contributed by atoms with Gasteiger partial charge in [-0.1, -0.05) is 0 Å². The summed E-state index contributed by atoms with van der Waals surface area (Å²) >= 11 is 0. The van der Waals surface area contributed by atoms with Crippen molar-refractivity contribution in [3.63, 3.8) is 0 Å². The van der Waals surface area contributed by atoms with E-state index in [0.29, 0.717) is 5.41 Å². The fourth-order valence-electron chi connectivity index (χ4n) is 4.05. The molecule has 0 aromatic rings. The number of hydrogen-bond acceptors (Lipinski definition) is 4. The van der Waals surface area contributed by atoms with E-state index in [1.54, 1.807) is 0 Å². The number of nitrogens with zero attached hydrogens (tertiary/aromatic N) is 2. The molecule has 0 amide bonds.